The maximum Gasteiger partial charge on any atom is 0.251 e. The lowest BCUT2D eigenvalue weighted by molar-refractivity contribution is 0.0996. The minimum absolute atomic E-state index is 0.129. The van der Waals surface area contributed by atoms with Gasteiger partial charge in [-0.25, -0.2) is 4.39 Å². The summed E-state index contributed by atoms with van der Waals surface area (Å²) in [5.74, 6) is -0.757. The molecule has 0 spiro atoms. The monoisotopic (exact) mass is 287 g/mol. The van der Waals surface area contributed by atoms with Gasteiger partial charge in [0.2, 0.25) is 0 Å². The molecule has 21 heavy (non-hydrogen) atoms. The molecule has 1 aromatic heterocycles. The topological polar surface area (TPSA) is 77.2 Å². The third kappa shape index (κ3) is 2.85. The summed E-state index contributed by atoms with van der Waals surface area (Å²) in [6.07, 6.45) is 1.79. The van der Waals surface area contributed by atoms with E-state index in [1.807, 2.05) is 0 Å². The molecule has 0 radical (unpaired) electrons. The molecule has 6 heteroatoms. The molecule has 1 amide bonds. The van der Waals surface area contributed by atoms with Crippen LogP contribution in [0.15, 0.2) is 36.5 Å². The smallest absolute Gasteiger partial charge is 0.251 e. The zero-order chi connectivity index (χ0) is 14.8. The molecule has 3 N–H and O–H groups in total. The number of carbonyl (C=O) groups excluding carboxylic acids is 1. The third-order valence-corrected chi connectivity index (χ3v) is 3.31. The van der Waals surface area contributed by atoms with Crippen molar-refractivity contribution in [1.82, 2.24) is 10.3 Å². The first kappa shape index (κ1) is 13.5. The van der Waals surface area contributed by atoms with Gasteiger partial charge >= 0.3 is 0 Å². The Bertz CT molecular complexity index is 669. The standard InChI is InChI=1S/C15H14FN3O2/c16-13-5-9(1-3-12(13)15(17)20)14-4-2-10(8-19-14)21-11-6-18-7-11/h1-5,8,11,18H,6-7H2,(H2,17,20). The summed E-state index contributed by atoms with van der Waals surface area (Å²) in [5.41, 5.74) is 6.12. The average Bonchev–Trinajstić information content (AvgIpc) is 2.43. The van der Waals surface area contributed by atoms with Crippen LogP contribution in [0.1, 0.15) is 10.4 Å². The van der Waals surface area contributed by atoms with Crippen molar-refractivity contribution in [1.29, 1.82) is 0 Å². The van der Waals surface area contributed by atoms with Gasteiger partial charge in [-0.1, -0.05) is 6.07 Å². The van der Waals surface area contributed by atoms with Gasteiger partial charge in [0.15, 0.2) is 0 Å². The number of aromatic nitrogens is 1. The Morgan fingerprint density at radius 1 is 1.33 bits per heavy atom. The van der Waals surface area contributed by atoms with Crippen LogP contribution in [-0.2, 0) is 0 Å². The second-order valence-corrected chi connectivity index (χ2v) is 4.84. The number of carbonyl (C=O) groups is 1. The van der Waals surface area contributed by atoms with E-state index < -0.39 is 11.7 Å². The van der Waals surface area contributed by atoms with E-state index in [2.05, 4.69) is 10.3 Å². The van der Waals surface area contributed by atoms with Gasteiger partial charge in [0.25, 0.3) is 5.91 Å². The van der Waals surface area contributed by atoms with Crippen molar-refractivity contribution in [3.05, 3.63) is 47.9 Å². The molecule has 2 aromatic rings. The zero-order valence-corrected chi connectivity index (χ0v) is 11.2. The molecule has 2 heterocycles. The number of halogens is 1. The van der Waals surface area contributed by atoms with E-state index >= 15 is 0 Å². The number of amides is 1. The van der Waals surface area contributed by atoms with Gasteiger partial charge in [-0.3, -0.25) is 9.78 Å². The summed E-state index contributed by atoms with van der Waals surface area (Å²) < 4.78 is 19.4. The molecule has 0 unspecified atom stereocenters. The third-order valence-electron chi connectivity index (χ3n) is 3.31. The number of hydrogen-bond donors (Lipinski definition) is 2. The van der Waals surface area contributed by atoms with Crippen LogP contribution in [0.4, 0.5) is 4.39 Å². The van der Waals surface area contributed by atoms with Crippen molar-refractivity contribution in [2.24, 2.45) is 5.73 Å². The van der Waals surface area contributed by atoms with Gasteiger partial charge in [0.05, 0.1) is 17.5 Å². The van der Waals surface area contributed by atoms with Crippen LogP contribution in [-0.4, -0.2) is 30.1 Å². The molecule has 0 atom stereocenters. The highest BCUT2D eigenvalue weighted by Crippen LogP contribution is 2.22. The number of hydrogen-bond acceptors (Lipinski definition) is 4. The number of nitrogens with zero attached hydrogens (tertiary/aromatic N) is 1. The Morgan fingerprint density at radius 3 is 2.67 bits per heavy atom. The predicted molar refractivity (Wildman–Crippen MR) is 75.4 cm³/mol. The van der Waals surface area contributed by atoms with Gasteiger partial charge in [0, 0.05) is 18.7 Å². The van der Waals surface area contributed by atoms with Crippen molar-refractivity contribution >= 4 is 5.91 Å². The molecule has 3 rings (SSSR count). The van der Waals surface area contributed by atoms with Crippen molar-refractivity contribution in [2.75, 3.05) is 13.1 Å². The molecular formula is C15H14FN3O2. The van der Waals surface area contributed by atoms with Crippen molar-refractivity contribution in [3.63, 3.8) is 0 Å². The Labute approximate surface area is 120 Å². The maximum absolute atomic E-state index is 13.7. The summed E-state index contributed by atoms with van der Waals surface area (Å²) >= 11 is 0. The lowest BCUT2D eigenvalue weighted by Crippen LogP contribution is -2.50. The number of primary amides is 1. The highest BCUT2D eigenvalue weighted by molar-refractivity contribution is 5.93. The van der Waals surface area contributed by atoms with Crippen LogP contribution < -0.4 is 15.8 Å². The normalized spacial score (nSPS) is 14.5. The van der Waals surface area contributed by atoms with E-state index in [0.29, 0.717) is 17.0 Å². The molecule has 108 valence electrons. The van der Waals surface area contributed by atoms with Crippen LogP contribution in [0.5, 0.6) is 5.75 Å². The Kier molecular flexibility index (Phi) is 3.53. The van der Waals surface area contributed by atoms with Gasteiger partial charge in [-0.15, -0.1) is 0 Å². The van der Waals surface area contributed by atoms with Crippen molar-refractivity contribution in [2.45, 2.75) is 6.10 Å². The molecule has 1 aliphatic heterocycles. The van der Waals surface area contributed by atoms with Gasteiger partial charge in [-0.2, -0.15) is 0 Å². The number of ether oxygens (including phenoxy) is 1. The largest absolute Gasteiger partial charge is 0.486 e. The van der Waals surface area contributed by atoms with E-state index in [0.717, 1.165) is 13.1 Å². The van der Waals surface area contributed by atoms with Crippen LogP contribution in [0.3, 0.4) is 0 Å². The molecule has 1 aromatic carbocycles. The predicted octanol–water partition coefficient (Wildman–Crippen LogP) is 1.34. The van der Waals surface area contributed by atoms with Crippen LogP contribution in [0, 0.1) is 5.82 Å². The number of benzene rings is 1. The van der Waals surface area contributed by atoms with Gasteiger partial charge in [-0.05, 0) is 24.3 Å². The quantitative estimate of drug-likeness (QED) is 0.889. The summed E-state index contributed by atoms with van der Waals surface area (Å²) in [7, 11) is 0. The first-order valence-corrected chi connectivity index (χ1v) is 6.56. The molecule has 1 fully saturated rings. The average molecular weight is 287 g/mol. The fourth-order valence-electron chi connectivity index (χ4n) is 2.03. The second-order valence-electron chi connectivity index (χ2n) is 4.84. The van der Waals surface area contributed by atoms with Crippen molar-refractivity contribution < 1.29 is 13.9 Å². The second kappa shape index (κ2) is 5.49. The number of rotatable bonds is 4. The molecule has 0 saturated carbocycles. The first-order chi connectivity index (χ1) is 10.1. The van der Waals surface area contributed by atoms with E-state index in [9.17, 15) is 9.18 Å². The SMILES string of the molecule is NC(=O)c1ccc(-c2ccc(OC3CNC3)cn2)cc1F. The molecule has 0 bridgehead atoms. The van der Waals surface area contributed by atoms with Gasteiger partial charge < -0.3 is 15.8 Å². The number of nitrogens with one attached hydrogen (secondary N) is 1. The fourth-order valence-corrected chi connectivity index (χ4v) is 2.03. The Hall–Kier alpha value is -2.47. The highest BCUT2D eigenvalue weighted by Gasteiger charge is 2.18. The minimum Gasteiger partial charge on any atom is -0.486 e. The summed E-state index contributed by atoms with van der Waals surface area (Å²) in [4.78, 5) is 15.2. The van der Waals surface area contributed by atoms with Gasteiger partial charge in [0.1, 0.15) is 17.7 Å². The van der Waals surface area contributed by atoms with Crippen LogP contribution in [0.2, 0.25) is 0 Å². The first-order valence-electron chi connectivity index (χ1n) is 6.56. The highest BCUT2D eigenvalue weighted by atomic mass is 19.1. The number of nitrogens with two attached hydrogens (primary N) is 1. The summed E-state index contributed by atoms with van der Waals surface area (Å²) in [6, 6.07) is 7.76. The molecule has 5 nitrogen and oxygen atoms in total. The molecule has 1 aliphatic rings. The number of pyridine rings is 1. The summed E-state index contributed by atoms with van der Waals surface area (Å²) in [5, 5.41) is 3.11. The van der Waals surface area contributed by atoms with E-state index in [1.54, 1.807) is 24.4 Å². The molecule has 0 aliphatic carbocycles. The zero-order valence-electron chi connectivity index (χ0n) is 11.2. The Balaban J connectivity index is 1.79. The van der Waals surface area contributed by atoms with Crippen LogP contribution in [0.25, 0.3) is 11.3 Å². The lowest BCUT2D eigenvalue weighted by Gasteiger charge is -2.27. The van der Waals surface area contributed by atoms with E-state index in [1.165, 1.54) is 12.1 Å². The minimum atomic E-state index is -0.787. The summed E-state index contributed by atoms with van der Waals surface area (Å²) in [6.45, 7) is 1.67. The van der Waals surface area contributed by atoms with Crippen LogP contribution >= 0.6 is 0 Å². The molecule has 1 saturated heterocycles. The molecular weight excluding hydrogens is 273 g/mol. The maximum atomic E-state index is 13.7. The van der Waals surface area contributed by atoms with Crippen molar-refractivity contribution in [3.8, 4) is 17.0 Å². The fraction of sp³-hybridized carbons (Fsp3) is 0.200. The van der Waals surface area contributed by atoms with E-state index in [4.69, 9.17) is 10.5 Å². The lowest BCUT2D eigenvalue weighted by atomic mass is 10.1. The Morgan fingerprint density at radius 2 is 2.14 bits per heavy atom. The van der Waals surface area contributed by atoms with E-state index in [-0.39, 0.29) is 11.7 Å².